The molecule has 0 heterocycles. The molecule has 0 unspecified atom stereocenters. The molecule has 0 spiro atoms. The van der Waals surface area contributed by atoms with Crippen LogP contribution in [0.25, 0.3) is 0 Å². The Bertz CT molecular complexity index is 91.2. The summed E-state index contributed by atoms with van der Waals surface area (Å²) in [5, 5.41) is 19.3. The van der Waals surface area contributed by atoms with E-state index in [2.05, 4.69) is 0 Å². The zero-order valence-corrected chi connectivity index (χ0v) is 7.90. The van der Waals surface area contributed by atoms with E-state index in [-0.39, 0.29) is 25.3 Å². The number of rotatable bonds is 6. The third-order valence-electron chi connectivity index (χ3n) is 2.21. The van der Waals surface area contributed by atoms with Gasteiger partial charge in [0.05, 0.1) is 19.3 Å². The molecule has 0 aliphatic heterocycles. The third-order valence-corrected chi connectivity index (χ3v) is 2.21. The van der Waals surface area contributed by atoms with E-state index >= 15 is 0 Å². The van der Waals surface area contributed by atoms with Gasteiger partial charge in [-0.3, -0.25) is 5.84 Å². The molecule has 4 nitrogen and oxygen atoms in total. The van der Waals surface area contributed by atoms with Gasteiger partial charge in [-0.25, -0.2) is 5.01 Å². The zero-order valence-electron chi connectivity index (χ0n) is 7.90. The van der Waals surface area contributed by atoms with Gasteiger partial charge in [0.25, 0.3) is 0 Å². The minimum atomic E-state index is -0.324. The van der Waals surface area contributed by atoms with Gasteiger partial charge in [0.2, 0.25) is 0 Å². The van der Waals surface area contributed by atoms with Crippen LogP contribution in [0.5, 0.6) is 0 Å². The molecule has 0 aliphatic carbocycles. The fraction of sp³-hybridized carbons (Fsp3) is 1.00. The van der Waals surface area contributed by atoms with Crippen LogP contribution in [0.3, 0.4) is 0 Å². The average Bonchev–Trinajstić information content (AvgIpc) is 2.09. The molecule has 0 saturated heterocycles. The minimum Gasteiger partial charge on any atom is -0.395 e. The average molecular weight is 176 g/mol. The molecule has 4 heteroatoms. The van der Waals surface area contributed by atoms with Crippen molar-refractivity contribution in [3.05, 3.63) is 0 Å². The molecule has 0 rings (SSSR count). The molecule has 0 bridgehead atoms. The first-order valence-corrected chi connectivity index (χ1v) is 4.45. The standard InChI is InChI=1S/C8H20N2O2/c1-3-7(4-2)10(9)8(5-11)6-12/h7-8,11-12H,3-6,9H2,1-2H3. The SMILES string of the molecule is CCC(CC)N(N)C(CO)CO. The molecule has 0 radical (unpaired) electrons. The molecule has 0 fully saturated rings. The van der Waals surface area contributed by atoms with Crippen molar-refractivity contribution in [3.63, 3.8) is 0 Å². The Balaban J connectivity index is 4.02. The summed E-state index contributed by atoms with van der Waals surface area (Å²) in [5.74, 6) is 5.72. The van der Waals surface area contributed by atoms with Gasteiger partial charge in [0, 0.05) is 6.04 Å². The lowest BCUT2D eigenvalue weighted by Gasteiger charge is -2.31. The Morgan fingerprint density at radius 3 is 1.75 bits per heavy atom. The van der Waals surface area contributed by atoms with Gasteiger partial charge in [-0.15, -0.1) is 0 Å². The topological polar surface area (TPSA) is 69.7 Å². The normalized spacial score (nSPS) is 12.0. The van der Waals surface area contributed by atoms with Gasteiger partial charge < -0.3 is 10.2 Å². The highest BCUT2D eigenvalue weighted by atomic mass is 16.3. The van der Waals surface area contributed by atoms with Crippen LogP contribution in [0.4, 0.5) is 0 Å². The predicted molar refractivity (Wildman–Crippen MR) is 48.4 cm³/mol. The Hall–Kier alpha value is -0.160. The second-order valence-corrected chi connectivity index (χ2v) is 2.94. The van der Waals surface area contributed by atoms with E-state index in [9.17, 15) is 0 Å². The maximum absolute atomic E-state index is 8.85. The van der Waals surface area contributed by atoms with E-state index in [1.807, 2.05) is 13.8 Å². The van der Waals surface area contributed by atoms with Crippen molar-refractivity contribution in [3.8, 4) is 0 Å². The molecule has 0 atom stereocenters. The molecule has 0 aromatic rings. The van der Waals surface area contributed by atoms with Crippen LogP contribution in [0.15, 0.2) is 0 Å². The molecule has 0 aliphatic rings. The second kappa shape index (κ2) is 6.37. The van der Waals surface area contributed by atoms with Crippen molar-refractivity contribution >= 4 is 0 Å². The largest absolute Gasteiger partial charge is 0.395 e. The highest BCUT2D eigenvalue weighted by molar-refractivity contribution is 4.71. The summed E-state index contributed by atoms with van der Waals surface area (Å²) in [6.45, 7) is 3.90. The van der Waals surface area contributed by atoms with Crippen LogP contribution in [-0.4, -0.2) is 40.5 Å². The van der Waals surface area contributed by atoms with Crippen LogP contribution in [-0.2, 0) is 0 Å². The van der Waals surface area contributed by atoms with Gasteiger partial charge in [0.15, 0.2) is 0 Å². The highest BCUT2D eigenvalue weighted by Crippen LogP contribution is 2.07. The Kier molecular flexibility index (Phi) is 6.28. The molecule has 12 heavy (non-hydrogen) atoms. The molecule has 4 N–H and O–H groups in total. The fourth-order valence-electron chi connectivity index (χ4n) is 1.25. The van der Waals surface area contributed by atoms with Gasteiger partial charge in [-0.2, -0.15) is 0 Å². The molecule has 74 valence electrons. The number of nitrogens with two attached hydrogens (primary N) is 1. The summed E-state index contributed by atoms with van der Waals surface area (Å²) in [7, 11) is 0. The zero-order chi connectivity index (χ0) is 9.56. The van der Waals surface area contributed by atoms with Crippen LogP contribution >= 0.6 is 0 Å². The van der Waals surface area contributed by atoms with E-state index in [1.54, 1.807) is 5.01 Å². The summed E-state index contributed by atoms with van der Waals surface area (Å²) in [6.07, 6.45) is 1.87. The molecule has 0 aromatic carbocycles. The number of aliphatic hydroxyl groups is 2. The summed E-state index contributed by atoms with van der Waals surface area (Å²) < 4.78 is 0. The van der Waals surface area contributed by atoms with Crippen molar-refractivity contribution in [1.82, 2.24) is 5.01 Å². The first kappa shape index (κ1) is 11.8. The predicted octanol–water partition coefficient (Wildman–Crippen LogP) is -0.296. The molecule has 0 amide bonds. The van der Waals surface area contributed by atoms with Crippen molar-refractivity contribution in [1.29, 1.82) is 0 Å². The summed E-state index contributed by atoms with van der Waals surface area (Å²) in [5.41, 5.74) is 0. The van der Waals surface area contributed by atoms with Crippen molar-refractivity contribution in [2.24, 2.45) is 5.84 Å². The van der Waals surface area contributed by atoms with Crippen molar-refractivity contribution in [2.45, 2.75) is 38.8 Å². The molecule has 0 saturated carbocycles. The van der Waals surface area contributed by atoms with Crippen LogP contribution < -0.4 is 5.84 Å². The van der Waals surface area contributed by atoms with Gasteiger partial charge in [0.1, 0.15) is 0 Å². The monoisotopic (exact) mass is 176 g/mol. The molecular formula is C8H20N2O2. The van der Waals surface area contributed by atoms with E-state index in [4.69, 9.17) is 16.1 Å². The van der Waals surface area contributed by atoms with Gasteiger partial charge in [-0.05, 0) is 12.8 Å². The number of hydrazine groups is 1. The quantitative estimate of drug-likeness (QED) is 0.384. The van der Waals surface area contributed by atoms with E-state index in [0.29, 0.717) is 0 Å². The lowest BCUT2D eigenvalue weighted by atomic mass is 10.1. The number of hydrogen-bond donors (Lipinski definition) is 3. The summed E-state index contributed by atoms with van der Waals surface area (Å²) in [6, 6.07) is -0.0794. The Labute approximate surface area is 74.0 Å². The first-order valence-electron chi connectivity index (χ1n) is 4.45. The number of nitrogens with zero attached hydrogens (tertiary/aromatic N) is 1. The van der Waals surface area contributed by atoms with Crippen LogP contribution in [0.1, 0.15) is 26.7 Å². The van der Waals surface area contributed by atoms with Crippen LogP contribution in [0.2, 0.25) is 0 Å². The number of hydrogen-bond acceptors (Lipinski definition) is 4. The highest BCUT2D eigenvalue weighted by Gasteiger charge is 2.19. The summed E-state index contributed by atoms with van der Waals surface area (Å²) in [4.78, 5) is 0. The van der Waals surface area contributed by atoms with E-state index in [0.717, 1.165) is 12.8 Å². The Morgan fingerprint density at radius 1 is 1.08 bits per heavy atom. The fourth-order valence-corrected chi connectivity index (χ4v) is 1.25. The molecule has 0 aromatic heterocycles. The minimum absolute atomic E-state index is 0.0938. The Morgan fingerprint density at radius 2 is 1.50 bits per heavy atom. The third kappa shape index (κ3) is 3.06. The smallest absolute Gasteiger partial charge is 0.0706 e. The molecular weight excluding hydrogens is 156 g/mol. The number of aliphatic hydroxyl groups excluding tert-OH is 2. The summed E-state index contributed by atoms with van der Waals surface area (Å²) >= 11 is 0. The van der Waals surface area contributed by atoms with Crippen molar-refractivity contribution in [2.75, 3.05) is 13.2 Å². The maximum Gasteiger partial charge on any atom is 0.0706 e. The van der Waals surface area contributed by atoms with E-state index < -0.39 is 0 Å². The maximum atomic E-state index is 8.85. The van der Waals surface area contributed by atoms with Gasteiger partial charge >= 0.3 is 0 Å². The first-order chi connectivity index (χ1) is 5.71. The van der Waals surface area contributed by atoms with Crippen molar-refractivity contribution < 1.29 is 10.2 Å². The lowest BCUT2D eigenvalue weighted by Crippen LogP contribution is -2.51. The lowest BCUT2D eigenvalue weighted by molar-refractivity contribution is 0.0405. The second-order valence-electron chi connectivity index (χ2n) is 2.94. The van der Waals surface area contributed by atoms with Crippen LogP contribution in [0, 0.1) is 0 Å². The van der Waals surface area contributed by atoms with Gasteiger partial charge in [-0.1, -0.05) is 13.8 Å². The van der Waals surface area contributed by atoms with E-state index in [1.165, 1.54) is 0 Å².